The zero-order valence-corrected chi connectivity index (χ0v) is 12.7. The van der Waals surface area contributed by atoms with E-state index in [1.54, 1.807) is 10.8 Å². The molecule has 112 valence electrons. The number of rotatable bonds is 4. The van der Waals surface area contributed by atoms with E-state index in [-0.39, 0.29) is 5.41 Å². The summed E-state index contributed by atoms with van der Waals surface area (Å²) in [5.74, 6) is 1.60. The molecule has 0 spiro atoms. The van der Waals surface area contributed by atoms with Gasteiger partial charge in [0, 0.05) is 23.7 Å². The van der Waals surface area contributed by atoms with Crippen LogP contribution >= 0.6 is 0 Å². The lowest BCUT2D eigenvalue weighted by molar-refractivity contribution is 0.260. The number of hydrogen-bond donors (Lipinski definition) is 1. The minimum absolute atomic E-state index is 0.241. The second kappa shape index (κ2) is 5.09. The lowest BCUT2D eigenvalue weighted by atomic mass is 9.64. The van der Waals surface area contributed by atoms with Crippen molar-refractivity contribution in [3.63, 3.8) is 0 Å². The molecule has 5 heteroatoms. The van der Waals surface area contributed by atoms with Gasteiger partial charge in [0.15, 0.2) is 0 Å². The Morgan fingerprint density at radius 3 is 2.77 bits per heavy atom. The highest BCUT2D eigenvalue weighted by atomic mass is 15.3. The average molecular weight is 293 g/mol. The van der Waals surface area contributed by atoms with Crippen molar-refractivity contribution >= 4 is 11.6 Å². The molecule has 1 aliphatic rings. The van der Waals surface area contributed by atoms with E-state index >= 15 is 0 Å². The first kappa shape index (κ1) is 13.2. The van der Waals surface area contributed by atoms with Gasteiger partial charge >= 0.3 is 0 Å². The Balaban J connectivity index is 1.62. The van der Waals surface area contributed by atoms with Gasteiger partial charge in [0.1, 0.15) is 12.1 Å². The molecule has 1 aliphatic carbocycles. The molecule has 0 radical (unpaired) electrons. The Morgan fingerprint density at radius 1 is 1.23 bits per heavy atom. The highest BCUT2D eigenvalue weighted by Gasteiger charge is 2.38. The molecular formula is C17H19N5. The van der Waals surface area contributed by atoms with Crippen LogP contribution in [0.2, 0.25) is 0 Å². The number of aryl methyl sites for hydroxylation is 1. The summed E-state index contributed by atoms with van der Waals surface area (Å²) >= 11 is 0. The summed E-state index contributed by atoms with van der Waals surface area (Å²) < 4.78 is 1.77. The molecule has 4 rings (SSSR count). The largest absolute Gasteiger partial charge is 0.369 e. The van der Waals surface area contributed by atoms with Crippen LogP contribution in [-0.4, -0.2) is 26.1 Å². The lowest BCUT2D eigenvalue weighted by Crippen LogP contribution is -2.41. The van der Waals surface area contributed by atoms with Gasteiger partial charge in [0.2, 0.25) is 0 Å². The number of nitrogens with zero attached hydrogens (tertiary/aromatic N) is 4. The Bertz CT molecular complexity index is 789. The van der Waals surface area contributed by atoms with Crippen LogP contribution in [0.15, 0.2) is 42.7 Å². The van der Waals surface area contributed by atoms with Crippen molar-refractivity contribution in [2.45, 2.75) is 31.6 Å². The molecular weight excluding hydrogens is 274 g/mol. The quantitative estimate of drug-likeness (QED) is 0.803. The SMILES string of the molecule is Cc1cc(NCC2(c3ccccc3)CCC2)n2ncnc2n1. The van der Waals surface area contributed by atoms with E-state index in [0.29, 0.717) is 5.78 Å². The fraction of sp³-hybridized carbons (Fsp3) is 0.353. The molecule has 0 unspecified atom stereocenters. The van der Waals surface area contributed by atoms with Crippen LogP contribution in [0.4, 0.5) is 5.82 Å². The molecule has 0 atom stereocenters. The summed E-state index contributed by atoms with van der Waals surface area (Å²) in [4.78, 5) is 8.56. The first-order valence-electron chi connectivity index (χ1n) is 7.74. The van der Waals surface area contributed by atoms with E-state index in [4.69, 9.17) is 0 Å². The van der Waals surface area contributed by atoms with Gasteiger partial charge in [-0.1, -0.05) is 36.8 Å². The summed E-state index contributed by atoms with van der Waals surface area (Å²) in [6.45, 7) is 2.89. The minimum atomic E-state index is 0.241. The highest BCUT2D eigenvalue weighted by Crippen LogP contribution is 2.43. The van der Waals surface area contributed by atoms with Crippen molar-refractivity contribution in [3.8, 4) is 0 Å². The van der Waals surface area contributed by atoms with Gasteiger partial charge in [-0.15, -0.1) is 0 Å². The third kappa shape index (κ3) is 2.13. The van der Waals surface area contributed by atoms with Crippen LogP contribution in [0.3, 0.4) is 0 Å². The zero-order chi connectivity index (χ0) is 15.0. The van der Waals surface area contributed by atoms with Gasteiger partial charge in [-0.3, -0.25) is 0 Å². The van der Waals surface area contributed by atoms with Gasteiger partial charge in [-0.25, -0.2) is 4.98 Å². The Hall–Kier alpha value is -2.43. The van der Waals surface area contributed by atoms with Gasteiger partial charge in [0.05, 0.1) is 0 Å². The Labute approximate surface area is 129 Å². The molecule has 1 N–H and O–H groups in total. The second-order valence-corrected chi connectivity index (χ2v) is 6.11. The van der Waals surface area contributed by atoms with Gasteiger partial charge in [-0.2, -0.15) is 14.6 Å². The molecule has 1 aromatic carbocycles. The van der Waals surface area contributed by atoms with Crippen LogP contribution in [0, 0.1) is 6.92 Å². The standard InChI is InChI=1S/C17H19N5/c1-13-10-15(22-16(21-13)19-12-20-22)18-11-17(8-5-9-17)14-6-3-2-4-7-14/h2-4,6-7,10,12,18H,5,8-9,11H2,1H3. The van der Waals surface area contributed by atoms with E-state index < -0.39 is 0 Å². The average Bonchev–Trinajstić information content (AvgIpc) is 2.95. The monoisotopic (exact) mass is 293 g/mol. The molecule has 0 bridgehead atoms. The number of nitrogens with one attached hydrogen (secondary N) is 1. The van der Waals surface area contributed by atoms with Crippen LogP contribution in [0.5, 0.6) is 0 Å². The van der Waals surface area contributed by atoms with Crippen molar-refractivity contribution in [2.75, 3.05) is 11.9 Å². The number of aromatic nitrogens is 4. The molecule has 1 fully saturated rings. The number of hydrogen-bond acceptors (Lipinski definition) is 4. The normalized spacial score (nSPS) is 16.4. The molecule has 0 saturated heterocycles. The molecule has 1 saturated carbocycles. The van der Waals surface area contributed by atoms with E-state index in [0.717, 1.165) is 18.1 Å². The summed E-state index contributed by atoms with van der Waals surface area (Å²) in [6, 6.07) is 12.8. The fourth-order valence-corrected chi connectivity index (χ4v) is 3.28. The first-order chi connectivity index (χ1) is 10.8. The van der Waals surface area contributed by atoms with E-state index in [9.17, 15) is 0 Å². The van der Waals surface area contributed by atoms with Crippen molar-refractivity contribution in [1.29, 1.82) is 0 Å². The van der Waals surface area contributed by atoms with E-state index in [1.807, 2.05) is 13.0 Å². The molecule has 3 aromatic rings. The number of benzene rings is 1. The topological polar surface area (TPSA) is 55.1 Å². The van der Waals surface area contributed by atoms with Crippen molar-refractivity contribution in [1.82, 2.24) is 19.6 Å². The Morgan fingerprint density at radius 2 is 2.05 bits per heavy atom. The summed E-state index contributed by atoms with van der Waals surface area (Å²) in [5, 5.41) is 7.83. The predicted octanol–water partition coefficient (Wildman–Crippen LogP) is 2.97. The van der Waals surface area contributed by atoms with Crippen LogP contribution in [0.1, 0.15) is 30.5 Å². The van der Waals surface area contributed by atoms with Crippen LogP contribution in [-0.2, 0) is 5.41 Å². The molecule has 2 heterocycles. The maximum absolute atomic E-state index is 4.38. The Kier molecular flexibility index (Phi) is 3.06. The first-order valence-corrected chi connectivity index (χ1v) is 7.74. The number of fused-ring (bicyclic) bond motifs is 1. The lowest BCUT2D eigenvalue weighted by Gasteiger charge is -2.42. The predicted molar refractivity (Wildman–Crippen MR) is 86.0 cm³/mol. The van der Waals surface area contributed by atoms with Gasteiger partial charge in [-0.05, 0) is 25.3 Å². The fourth-order valence-electron chi connectivity index (χ4n) is 3.28. The van der Waals surface area contributed by atoms with E-state index in [2.05, 4.69) is 50.7 Å². The van der Waals surface area contributed by atoms with Crippen molar-refractivity contribution in [3.05, 3.63) is 54.0 Å². The number of anilines is 1. The second-order valence-electron chi connectivity index (χ2n) is 6.11. The van der Waals surface area contributed by atoms with Gasteiger partial charge in [0.25, 0.3) is 5.78 Å². The molecule has 0 amide bonds. The summed E-state index contributed by atoms with van der Waals surface area (Å²) in [5.41, 5.74) is 2.62. The van der Waals surface area contributed by atoms with Gasteiger partial charge < -0.3 is 5.32 Å². The third-order valence-electron chi connectivity index (χ3n) is 4.68. The third-order valence-corrected chi connectivity index (χ3v) is 4.68. The zero-order valence-electron chi connectivity index (χ0n) is 12.7. The molecule has 22 heavy (non-hydrogen) atoms. The minimum Gasteiger partial charge on any atom is -0.369 e. The van der Waals surface area contributed by atoms with Crippen LogP contribution in [0.25, 0.3) is 5.78 Å². The highest BCUT2D eigenvalue weighted by molar-refractivity contribution is 5.46. The summed E-state index contributed by atoms with van der Waals surface area (Å²) in [6.07, 6.45) is 5.30. The van der Waals surface area contributed by atoms with Crippen molar-refractivity contribution in [2.24, 2.45) is 0 Å². The summed E-state index contributed by atoms with van der Waals surface area (Å²) in [7, 11) is 0. The van der Waals surface area contributed by atoms with Crippen molar-refractivity contribution < 1.29 is 0 Å². The maximum atomic E-state index is 4.38. The van der Waals surface area contributed by atoms with Crippen LogP contribution < -0.4 is 5.32 Å². The van der Waals surface area contributed by atoms with E-state index in [1.165, 1.54) is 24.8 Å². The molecule has 2 aromatic heterocycles. The smallest absolute Gasteiger partial charge is 0.254 e. The molecule has 0 aliphatic heterocycles. The maximum Gasteiger partial charge on any atom is 0.254 e. The molecule has 5 nitrogen and oxygen atoms in total.